The number of hydrogen-bond acceptors (Lipinski definition) is 5. The summed E-state index contributed by atoms with van der Waals surface area (Å²) < 4.78 is 0. The van der Waals surface area contributed by atoms with E-state index in [4.69, 9.17) is 0 Å². The van der Waals surface area contributed by atoms with E-state index in [1.54, 1.807) is 0 Å². The molecule has 0 radical (unpaired) electrons. The van der Waals surface area contributed by atoms with Crippen LogP contribution in [0.3, 0.4) is 0 Å². The van der Waals surface area contributed by atoms with Gasteiger partial charge in [0.25, 0.3) is 0 Å². The summed E-state index contributed by atoms with van der Waals surface area (Å²) in [6.45, 7) is 21.8. The zero-order valence-electron chi connectivity index (χ0n) is 53.4. The number of rotatable bonds is 22. The Hall–Kier alpha value is -0.200. The lowest BCUT2D eigenvalue weighted by Gasteiger charge is -2.37. The highest BCUT2D eigenvalue weighted by molar-refractivity contribution is 4.76. The maximum Gasteiger partial charge on any atom is 0.0110 e. The third-order valence-corrected chi connectivity index (χ3v) is 19.4. The number of hydrogen-bond donors (Lipinski definition) is 0. The number of nitrogens with zero attached hydrogens (tertiary/aromatic N) is 5. The summed E-state index contributed by atoms with van der Waals surface area (Å²) in [6, 6.07) is 0. The van der Waals surface area contributed by atoms with E-state index in [1.807, 2.05) is 0 Å². The van der Waals surface area contributed by atoms with Crippen molar-refractivity contribution >= 4 is 0 Å². The second-order valence-corrected chi connectivity index (χ2v) is 26.7. The zero-order valence-corrected chi connectivity index (χ0v) is 53.4. The van der Waals surface area contributed by atoms with E-state index >= 15 is 0 Å². The second kappa shape index (κ2) is 57.6. The lowest BCUT2D eigenvalue weighted by molar-refractivity contribution is 0.104. The van der Waals surface area contributed by atoms with Crippen molar-refractivity contribution in [3.8, 4) is 0 Å². The summed E-state index contributed by atoms with van der Waals surface area (Å²) in [5, 5.41) is 0. The average molecular weight is 1080 g/mol. The quantitative estimate of drug-likeness (QED) is 0.100. The molecular weight excluding hydrogens is 935 g/mol. The molecule has 0 aromatic heterocycles. The molecule has 0 spiro atoms. The molecule has 458 valence electrons. The number of piperazine rings is 1. The first-order valence-electron chi connectivity index (χ1n) is 37.0. The van der Waals surface area contributed by atoms with Gasteiger partial charge >= 0.3 is 0 Å². The van der Waals surface area contributed by atoms with Gasteiger partial charge in [0.2, 0.25) is 0 Å². The molecule has 0 N–H and O–H groups in total. The van der Waals surface area contributed by atoms with Gasteiger partial charge in [-0.15, -0.1) is 0 Å². The van der Waals surface area contributed by atoms with Crippen molar-refractivity contribution < 1.29 is 0 Å². The third-order valence-electron chi connectivity index (χ3n) is 19.4. The fourth-order valence-electron chi connectivity index (χ4n) is 13.7. The second-order valence-electron chi connectivity index (χ2n) is 26.7. The zero-order chi connectivity index (χ0) is 54.1. The predicted molar refractivity (Wildman–Crippen MR) is 346 cm³/mol. The lowest BCUT2D eigenvalue weighted by atomic mass is 10.0. The SMILES string of the molecule is CCCCCCCCCCCCCCN(CCN1CCCCCCCCCCCCCCCCCCCCCCCCCC1)CCN1CCN(CCN2CCCCCCCCCCCCCCCCCCCCCC2)CC1. The Bertz CT molecular complexity index is 1070. The Balaban J connectivity index is 1.46. The molecule has 3 heterocycles. The van der Waals surface area contributed by atoms with E-state index < -0.39 is 0 Å². The van der Waals surface area contributed by atoms with Gasteiger partial charge in [-0.25, -0.2) is 0 Å². The third kappa shape index (κ3) is 47.9. The van der Waals surface area contributed by atoms with E-state index in [9.17, 15) is 0 Å². The van der Waals surface area contributed by atoms with E-state index in [0.29, 0.717) is 0 Å². The van der Waals surface area contributed by atoms with E-state index in [0.717, 1.165) is 0 Å². The van der Waals surface area contributed by atoms with Crippen LogP contribution < -0.4 is 0 Å². The fraction of sp³-hybridized carbons (Fsp3) is 1.00. The normalized spacial score (nSPS) is 22.4. The van der Waals surface area contributed by atoms with Crippen molar-refractivity contribution in [1.82, 2.24) is 24.5 Å². The van der Waals surface area contributed by atoms with Crippen LogP contribution in [0.15, 0.2) is 0 Å². The minimum atomic E-state index is 1.28. The van der Waals surface area contributed by atoms with Crippen molar-refractivity contribution in [3.05, 3.63) is 0 Å². The van der Waals surface area contributed by atoms with E-state index in [2.05, 4.69) is 31.4 Å². The first kappa shape index (κ1) is 71.1. The Morgan fingerprint density at radius 3 is 0.610 bits per heavy atom. The maximum absolute atomic E-state index is 2.94. The first-order valence-corrected chi connectivity index (χ1v) is 37.0. The highest BCUT2D eigenvalue weighted by Gasteiger charge is 2.19. The Morgan fingerprint density at radius 2 is 0.364 bits per heavy atom. The molecule has 0 aromatic rings. The molecule has 0 aliphatic carbocycles. The predicted octanol–water partition coefficient (Wildman–Crippen LogP) is 21.4. The van der Waals surface area contributed by atoms with Crippen LogP contribution in [0, 0.1) is 0 Å². The molecule has 5 heteroatoms. The lowest BCUT2D eigenvalue weighted by Crippen LogP contribution is -2.50. The molecule has 0 saturated carbocycles. The molecule has 3 aliphatic heterocycles. The molecule has 0 bridgehead atoms. The molecule has 3 saturated heterocycles. The number of unbranched alkanes of at least 4 members (excludes halogenated alkanes) is 11. The molecule has 0 unspecified atom stereocenters. The first-order chi connectivity index (χ1) is 38.3. The van der Waals surface area contributed by atoms with Gasteiger partial charge in [0.15, 0.2) is 0 Å². The van der Waals surface area contributed by atoms with Crippen LogP contribution in [0.2, 0.25) is 0 Å². The minimum absolute atomic E-state index is 1.28. The summed E-state index contributed by atoms with van der Waals surface area (Å²) >= 11 is 0. The summed E-state index contributed by atoms with van der Waals surface area (Å²) in [7, 11) is 0. The topological polar surface area (TPSA) is 16.2 Å². The average Bonchev–Trinajstić information content (AvgIpc) is 3.44. The van der Waals surface area contributed by atoms with Crippen LogP contribution in [0.4, 0.5) is 0 Å². The van der Waals surface area contributed by atoms with Crippen LogP contribution >= 0.6 is 0 Å². The van der Waals surface area contributed by atoms with Crippen molar-refractivity contribution in [1.29, 1.82) is 0 Å². The van der Waals surface area contributed by atoms with Crippen LogP contribution in [-0.2, 0) is 0 Å². The summed E-state index contributed by atoms with van der Waals surface area (Å²) in [5.74, 6) is 0. The van der Waals surface area contributed by atoms with Gasteiger partial charge in [0.05, 0.1) is 0 Å². The molecule has 5 nitrogen and oxygen atoms in total. The van der Waals surface area contributed by atoms with Crippen molar-refractivity contribution in [3.63, 3.8) is 0 Å². The van der Waals surface area contributed by atoms with Gasteiger partial charge in [-0.3, -0.25) is 9.80 Å². The molecular formula is C72H145N5. The Morgan fingerprint density at radius 1 is 0.182 bits per heavy atom. The highest BCUT2D eigenvalue weighted by atomic mass is 15.3. The van der Waals surface area contributed by atoms with Crippen molar-refractivity contribution in [2.45, 2.75) is 366 Å². The smallest absolute Gasteiger partial charge is 0.0110 e. The van der Waals surface area contributed by atoms with Gasteiger partial charge in [0, 0.05) is 65.4 Å². The Labute approximate surface area is 486 Å². The Kier molecular flexibility index (Phi) is 53.2. The minimum Gasteiger partial charge on any atom is -0.302 e. The standard InChI is InChI=1S/C72H145N5/c1-2-3-4-5-6-7-8-33-42-47-52-57-62-75(65-63-73-58-53-48-43-38-34-29-25-21-17-13-11-9-10-12-14-18-22-26-30-35-39-44-49-54-59-73)66-68-77-71-69-76(70-72-77)67-64-74-60-55-50-45-40-36-31-27-23-19-15-16-20-24-28-32-37-41-46-51-56-61-74/h2-72H2,1H3. The molecule has 3 rings (SSSR count). The maximum atomic E-state index is 2.94. The van der Waals surface area contributed by atoms with Gasteiger partial charge in [-0.05, 0) is 64.8 Å². The van der Waals surface area contributed by atoms with Crippen LogP contribution in [-0.4, -0.2) is 123 Å². The van der Waals surface area contributed by atoms with Crippen LogP contribution in [0.1, 0.15) is 366 Å². The molecule has 3 fully saturated rings. The van der Waals surface area contributed by atoms with Crippen LogP contribution in [0.5, 0.6) is 0 Å². The molecule has 3 aliphatic rings. The van der Waals surface area contributed by atoms with Crippen molar-refractivity contribution in [2.75, 3.05) is 98.2 Å². The van der Waals surface area contributed by atoms with Gasteiger partial charge in [0.1, 0.15) is 0 Å². The van der Waals surface area contributed by atoms with E-state index in [-0.39, 0.29) is 0 Å². The van der Waals surface area contributed by atoms with Gasteiger partial charge in [-0.1, -0.05) is 334 Å². The summed E-state index contributed by atoms with van der Waals surface area (Å²) in [4.78, 5) is 14.5. The van der Waals surface area contributed by atoms with E-state index in [1.165, 1.54) is 458 Å². The molecule has 0 atom stereocenters. The highest BCUT2D eigenvalue weighted by Crippen LogP contribution is 2.20. The van der Waals surface area contributed by atoms with Crippen LogP contribution in [0.25, 0.3) is 0 Å². The summed E-state index contributed by atoms with van der Waals surface area (Å²) in [6.07, 6.45) is 82.2. The van der Waals surface area contributed by atoms with Gasteiger partial charge in [-0.2, -0.15) is 0 Å². The van der Waals surface area contributed by atoms with Crippen molar-refractivity contribution in [2.24, 2.45) is 0 Å². The molecule has 0 aromatic carbocycles. The molecule has 77 heavy (non-hydrogen) atoms. The monoisotopic (exact) mass is 1080 g/mol. The van der Waals surface area contributed by atoms with Gasteiger partial charge < -0.3 is 14.7 Å². The molecule has 0 amide bonds. The fourth-order valence-corrected chi connectivity index (χ4v) is 13.7. The largest absolute Gasteiger partial charge is 0.302 e. The summed E-state index contributed by atoms with van der Waals surface area (Å²) in [5.41, 5.74) is 0.